The molecule has 0 spiro atoms. The summed E-state index contributed by atoms with van der Waals surface area (Å²) in [6, 6.07) is 3.91. The maximum Gasteiger partial charge on any atom is 0.169 e. The van der Waals surface area contributed by atoms with Gasteiger partial charge in [-0.25, -0.2) is 0 Å². The molecule has 0 aromatic carbocycles. The number of hydrogen-bond acceptors (Lipinski definition) is 4. The van der Waals surface area contributed by atoms with Crippen LogP contribution in [-0.2, 0) is 27.1 Å². The van der Waals surface area contributed by atoms with Crippen LogP contribution in [0.5, 0.6) is 0 Å². The van der Waals surface area contributed by atoms with Crippen molar-refractivity contribution < 1.29 is 14.3 Å². The lowest BCUT2D eigenvalue weighted by molar-refractivity contribution is -0.144. The Kier molecular flexibility index (Phi) is 4.23. The van der Waals surface area contributed by atoms with Crippen molar-refractivity contribution >= 4 is 5.78 Å². The molecule has 92 valence electrons. The van der Waals surface area contributed by atoms with Crippen LogP contribution in [0.4, 0.5) is 0 Å². The van der Waals surface area contributed by atoms with E-state index in [0.29, 0.717) is 26.2 Å². The predicted octanol–water partition coefficient (Wildman–Crippen LogP) is 1.17. The van der Waals surface area contributed by atoms with E-state index in [-0.39, 0.29) is 5.78 Å². The van der Waals surface area contributed by atoms with Crippen LogP contribution in [-0.4, -0.2) is 36.7 Å². The van der Waals surface area contributed by atoms with Crippen molar-refractivity contribution in [2.24, 2.45) is 0 Å². The molecule has 1 saturated heterocycles. The minimum atomic E-state index is -0.420. The number of pyridine rings is 1. The van der Waals surface area contributed by atoms with Gasteiger partial charge in [-0.05, 0) is 18.1 Å². The Bertz CT molecular complexity index is 369. The zero-order valence-corrected chi connectivity index (χ0v) is 10.0. The molecule has 2 heterocycles. The molecule has 4 heteroatoms. The van der Waals surface area contributed by atoms with E-state index >= 15 is 0 Å². The van der Waals surface area contributed by atoms with Gasteiger partial charge in [0.15, 0.2) is 5.78 Å². The van der Waals surface area contributed by atoms with E-state index in [0.717, 1.165) is 12.1 Å². The number of carbonyl (C=O) groups excluding carboxylic acids is 1. The summed E-state index contributed by atoms with van der Waals surface area (Å²) in [7, 11) is 0. The molecule has 1 fully saturated rings. The van der Waals surface area contributed by atoms with Gasteiger partial charge >= 0.3 is 0 Å². The molecule has 0 N–H and O–H groups in total. The fourth-order valence-corrected chi connectivity index (χ4v) is 1.73. The SMILES string of the molecule is CCc1ccc(CC(=O)C2COCCO2)nc1. The van der Waals surface area contributed by atoms with Crippen molar-refractivity contribution in [3.8, 4) is 0 Å². The average molecular weight is 235 g/mol. The third-order valence-corrected chi connectivity index (χ3v) is 2.82. The number of ether oxygens (including phenoxy) is 2. The van der Waals surface area contributed by atoms with E-state index in [9.17, 15) is 4.79 Å². The maximum absolute atomic E-state index is 11.9. The van der Waals surface area contributed by atoms with Gasteiger partial charge in [0.1, 0.15) is 6.10 Å². The molecular weight excluding hydrogens is 218 g/mol. The van der Waals surface area contributed by atoms with Gasteiger partial charge in [-0.3, -0.25) is 9.78 Å². The second-order valence-corrected chi connectivity index (χ2v) is 4.09. The summed E-state index contributed by atoms with van der Waals surface area (Å²) in [6.07, 6.45) is 2.68. The molecule has 2 rings (SSSR count). The summed E-state index contributed by atoms with van der Waals surface area (Å²) in [6.45, 7) is 3.52. The van der Waals surface area contributed by atoms with Crippen LogP contribution in [0, 0.1) is 0 Å². The lowest BCUT2D eigenvalue weighted by Gasteiger charge is -2.21. The second kappa shape index (κ2) is 5.89. The van der Waals surface area contributed by atoms with Gasteiger partial charge in [0, 0.05) is 11.9 Å². The standard InChI is InChI=1S/C13H17NO3/c1-2-10-3-4-11(14-8-10)7-12(15)13-9-16-5-6-17-13/h3-4,8,13H,2,5-7,9H2,1H3. The molecule has 1 atom stereocenters. The van der Waals surface area contributed by atoms with Crippen molar-refractivity contribution in [1.29, 1.82) is 0 Å². The van der Waals surface area contributed by atoms with Gasteiger partial charge in [0.05, 0.1) is 26.2 Å². The van der Waals surface area contributed by atoms with Crippen LogP contribution >= 0.6 is 0 Å². The molecule has 1 aromatic rings. The molecule has 0 saturated carbocycles. The number of aromatic nitrogens is 1. The van der Waals surface area contributed by atoms with Crippen molar-refractivity contribution in [3.63, 3.8) is 0 Å². The number of aryl methyl sites for hydroxylation is 1. The number of rotatable bonds is 4. The van der Waals surface area contributed by atoms with Crippen LogP contribution in [0.3, 0.4) is 0 Å². The van der Waals surface area contributed by atoms with Crippen molar-refractivity contribution in [2.75, 3.05) is 19.8 Å². The number of carbonyl (C=O) groups is 1. The minimum Gasteiger partial charge on any atom is -0.376 e. The van der Waals surface area contributed by atoms with Crippen molar-refractivity contribution in [1.82, 2.24) is 4.98 Å². The van der Waals surface area contributed by atoms with Crippen LogP contribution in [0.25, 0.3) is 0 Å². The van der Waals surface area contributed by atoms with Crippen LogP contribution in [0.15, 0.2) is 18.3 Å². The van der Waals surface area contributed by atoms with Crippen molar-refractivity contribution in [3.05, 3.63) is 29.6 Å². The predicted molar refractivity (Wildman–Crippen MR) is 62.9 cm³/mol. The van der Waals surface area contributed by atoms with E-state index in [2.05, 4.69) is 11.9 Å². The highest BCUT2D eigenvalue weighted by atomic mass is 16.6. The lowest BCUT2D eigenvalue weighted by atomic mass is 10.1. The zero-order chi connectivity index (χ0) is 12.1. The first-order valence-electron chi connectivity index (χ1n) is 5.95. The lowest BCUT2D eigenvalue weighted by Crippen LogP contribution is -2.36. The maximum atomic E-state index is 11.9. The Morgan fingerprint density at radius 1 is 1.47 bits per heavy atom. The van der Waals surface area contributed by atoms with Gasteiger partial charge in [0.2, 0.25) is 0 Å². The molecule has 0 amide bonds. The molecule has 4 nitrogen and oxygen atoms in total. The van der Waals surface area contributed by atoms with Gasteiger partial charge in [-0.1, -0.05) is 13.0 Å². The molecule has 17 heavy (non-hydrogen) atoms. The summed E-state index contributed by atoms with van der Waals surface area (Å²) in [5, 5.41) is 0. The summed E-state index contributed by atoms with van der Waals surface area (Å²) in [5.41, 5.74) is 1.97. The summed E-state index contributed by atoms with van der Waals surface area (Å²) in [4.78, 5) is 16.1. The summed E-state index contributed by atoms with van der Waals surface area (Å²) >= 11 is 0. The van der Waals surface area contributed by atoms with E-state index in [4.69, 9.17) is 9.47 Å². The molecule has 0 aliphatic carbocycles. The highest BCUT2D eigenvalue weighted by Crippen LogP contribution is 2.07. The number of Topliss-reactive ketones (excluding diaryl/α,β-unsaturated/α-hetero) is 1. The van der Waals surface area contributed by atoms with Crippen molar-refractivity contribution in [2.45, 2.75) is 25.9 Å². The topological polar surface area (TPSA) is 48.4 Å². The van der Waals surface area contributed by atoms with Gasteiger partial charge < -0.3 is 9.47 Å². The molecule has 0 radical (unpaired) electrons. The fraction of sp³-hybridized carbons (Fsp3) is 0.538. The molecule has 1 aromatic heterocycles. The first kappa shape index (κ1) is 12.2. The third kappa shape index (κ3) is 3.35. The first-order valence-corrected chi connectivity index (χ1v) is 5.95. The van der Waals surface area contributed by atoms with Gasteiger partial charge in [-0.15, -0.1) is 0 Å². The Labute approximate surface area is 101 Å². The first-order chi connectivity index (χ1) is 8.29. The monoisotopic (exact) mass is 235 g/mol. The average Bonchev–Trinajstić information content (AvgIpc) is 2.40. The Balaban J connectivity index is 1.92. The van der Waals surface area contributed by atoms with E-state index in [1.165, 1.54) is 5.56 Å². The van der Waals surface area contributed by atoms with E-state index < -0.39 is 6.10 Å². The molecule has 1 aliphatic rings. The molecule has 1 aliphatic heterocycles. The van der Waals surface area contributed by atoms with Gasteiger partial charge in [0.25, 0.3) is 0 Å². The molecule has 1 unspecified atom stereocenters. The van der Waals surface area contributed by atoms with Gasteiger partial charge in [-0.2, -0.15) is 0 Å². The number of ketones is 1. The minimum absolute atomic E-state index is 0.0430. The summed E-state index contributed by atoms with van der Waals surface area (Å²) in [5.74, 6) is 0.0430. The summed E-state index contributed by atoms with van der Waals surface area (Å²) < 4.78 is 10.6. The third-order valence-electron chi connectivity index (χ3n) is 2.82. The number of nitrogens with zero attached hydrogens (tertiary/aromatic N) is 1. The number of hydrogen-bond donors (Lipinski definition) is 0. The zero-order valence-electron chi connectivity index (χ0n) is 10.0. The Morgan fingerprint density at radius 2 is 2.35 bits per heavy atom. The normalized spacial score (nSPS) is 20.2. The van der Waals surface area contributed by atoms with Crippen LogP contribution in [0.2, 0.25) is 0 Å². The smallest absolute Gasteiger partial charge is 0.169 e. The largest absolute Gasteiger partial charge is 0.376 e. The Morgan fingerprint density at radius 3 is 2.94 bits per heavy atom. The van der Waals surface area contributed by atoms with E-state index in [1.54, 1.807) is 0 Å². The highest BCUT2D eigenvalue weighted by Gasteiger charge is 2.22. The molecule has 0 bridgehead atoms. The Hall–Kier alpha value is -1.26. The quantitative estimate of drug-likeness (QED) is 0.786. The fourth-order valence-electron chi connectivity index (χ4n) is 1.73. The van der Waals surface area contributed by atoms with Crippen LogP contribution in [0.1, 0.15) is 18.2 Å². The molecular formula is C13H17NO3. The highest BCUT2D eigenvalue weighted by molar-refractivity contribution is 5.85. The van der Waals surface area contributed by atoms with Crippen LogP contribution < -0.4 is 0 Å². The second-order valence-electron chi connectivity index (χ2n) is 4.09. The van der Waals surface area contributed by atoms with E-state index in [1.807, 2.05) is 18.3 Å².